The van der Waals surface area contributed by atoms with Crippen molar-refractivity contribution in [2.45, 2.75) is 12.8 Å². The summed E-state index contributed by atoms with van der Waals surface area (Å²) in [5, 5.41) is 9.20. The molecular formula is C17H20N8. The highest BCUT2D eigenvalue weighted by molar-refractivity contribution is 5.54. The van der Waals surface area contributed by atoms with E-state index in [0.29, 0.717) is 11.5 Å². The lowest BCUT2D eigenvalue weighted by Crippen LogP contribution is -2.47. The molecule has 2 aliphatic rings. The Morgan fingerprint density at radius 1 is 0.760 bits per heavy atom. The maximum atomic E-state index is 9.20. The molecule has 2 saturated heterocycles. The van der Waals surface area contributed by atoms with E-state index >= 15 is 0 Å². The monoisotopic (exact) mass is 336 g/mol. The second-order valence-electron chi connectivity index (χ2n) is 6.24. The smallest absolute Gasteiger partial charge is 0.183 e. The van der Waals surface area contributed by atoms with Crippen molar-refractivity contribution in [2.75, 3.05) is 54.0 Å². The SMILES string of the molecule is N#Cc1nccnc1N1CCN(c2cc(N3CCCC3)ncn2)CC1. The lowest BCUT2D eigenvalue weighted by Gasteiger charge is -2.36. The van der Waals surface area contributed by atoms with E-state index in [0.717, 1.165) is 50.9 Å². The van der Waals surface area contributed by atoms with Gasteiger partial charge in [-0.3, -0.25) is 0 Å². The standard InChI is InChI=1S/C17H20N8/c18-12-14-17(20-4-3-19-14)25-9-7-24(8-10-25)16-11-15(21-13-22-16)23-5-1-2-6-23/h3-4,11,13H,1-2,5-10H2. The van der Waals surface area contributed by atoms with Gasteiger partial charge in [0, 0.05) is 57.7 Å². The van der Waals surface area contributed by atoms with Crippen molar-refractivity contribution in [3.05, 3.63) is 30.5 Å². The van der Waals surface area contributed by atoms with Gasteiger partial charge in [0.1, 0.15) is 24.0 Å². The molecule has 0 radical (unpaired) electrons. The van der Waals surface area contributed by atoms with E-state index in [4.69, 9.17) is 0 Å². The van der Waals surface area contributed by atoms with Gasteiger partial charge in [-0.1, -0.05) is 0 Å². The number of piperazine rings is 1. The van der Waals surface area contributed by atoms with Crippen LogP contribution in [0.5, 0.6) is 0 Å². The first kappa shape index (κ1) is 15.6. The second kappa shape index (κ2) is 6.89. The van der Waals surface area contributed by atoms with Gasteiger partial charge in [-0.25, -0.2) is 19.9 Å². The predicted octanol–water partition coefficient (Wildman–Crippen LogP) is 1.07. The van der Waals surface area contributed by atoms with Gasteiger partial charge >= 0.3 is 0 Å². The Kier molecular flexibility index (Phi) is 4.29. The van der Waals surface area contributed by atoms with Gasteiger partial charge in [-0.2, -0.15) is 5.26 Å². The number of hydrogen-bond donors (Lipinski definition) is 0. The minimum atomic E-state index is 0.384. The van der Waals surface area contributed by atoms with Crippen molar-refractivity contribution in [1.29, 1.82) is 5.26 Å². The molecule has 2 aliphatic heterocycles. The molecule has 0 atom stereocenters. The van der Waals surface area contributed by atoms with Crippen LogP contribution >= 0.6 is 0 Å². The van der Waals surface area contributed by atoms with Gasteiger partial charge in [0.25, 0.3) is 0 Å². The van der Waals surface area contributed by atoms with Crippen LogP contribution in [0.25, 0.3) is 0 Å². The Bertz CT molecular complexity index is 772. The zero-order chi connectivity index (χ0) is 17.1. The van der Waals surface area contributed by atoms with Crippen LogP contribution in [-0.4, -0.2) is 59.2 Å². The van der Waals surface area contributed by atoms with Crippen LogP contribution in [-0.2, 0) is 0 Å². The minimum absolute atomic E-state index is 0.384. The van der Waals surface area contributed by atoms with Crippen LogP contribution in [0.4, 0.5) is 17.5 Å². The number of nitriles is 1. The number of rotatable bonds is 3. The van der Waals surface area contributed by atoms with Crippen LogP contribution in [0.1, 0.15) is 18.5 Å². The largest absolute Gasteiger partial charge is 0.356 e. The van der Waals surface area contributed by atoms with Crippen molar-refractivity contribution in [1.82, 2.24) is 19.9 Å². The zero-order valence-electron chi connectivity index (χ0n) is 14.0. The van der Waals surface area contributed by atoms with Gasteiger partial charge in [0.05, 0.1) is 0 Å². The highest BCUT2D eigenvalue weighted by Crippen LogP contribution is 2.23. The van der Waals surface area contributed by atoms with E-state index in [9.17, 15) is 5.26 Å². The lowest BCUT2D eigenvalue weighted by atomic mass is 10.3. The van der Waals surface area contributed by atoms with Crippen LogP contribution in [0, 0.1) is 11.3 Å². The molecule has 0 aliphatic carbocycles. The van der Waals surface area contributed by atoms with E-state index < -0.39 is 0 Å². The van der Waals surface area contributed by atoms with Crippen LogP contribution < -0.4 is 14.7 Å². The molecule has 0 N–H and O–H groups in total. The summed E-state index contributed by atoms with van der Waals surface area (Å²) in [6, 6.07) is 4.21. The third-order valence-corrected chi connectivity index (χ3v) is 4.76. The molecule has 2 aromatic rings. The minimum Gasteiger partial charge on any atom is -0.356 e. The number of aromatic nitrogens is 4. The topological polar surface area (TPSA) is 85.1 Å². The van der Waals surface area contributed by atoms with E-state index in [1.807, 2.05) is 0 Å². The van der Waals surface area contributed by atoms with Gasteiger partial charge in [-0.15, -0.1) is 0 Å². The number of anilines is 3. The van der Waals surface area contributed by atoms with E-state index in [1.165, 1.54) is 12.8 Å². The molecule has 0 amide bonds. The van der Waals surface area contributed by atoms with Gasteiger partial charge in [0.2, 0.25) is 0 Å². The quantitative estimate of drug-likeness (QED) is 0.823. The average Bonchev–Trinajstić information content (AvgIpc) is 3.23. The summed E-state index contributed by atoms with van der Waals surface area (Å²) in [7, 11) is 0. The normalized spacial score (nSPS) is 17.6. The molecule has 0 aromatic carbocycles. The Labute approximate surface area is 146 Å². The lowest BCUT2D eigenvalue weighted by molar-refractivity contribution is 0.639. The maximum absolute atomic E-state index is 9.20. The van der Waals surface area contributed by atoms with Crippen molar-refractivity contribution in [3.8, 4) is 6.07 Å². The fourth-order valence-corrected chi connectivity index (χ4v) is 3.42. The second-order valence-corrected chi connectivity index (χ2v) is 6.24. The summed E-state index contributed by atoms with van der Waals surface area (Å²) >= 11 is 0. The molecule has 0 saturated carbocycles. The van der Waals surface area contributed by atoms with Crippen molar-refractivity contribution < 1.29 is 0 Å². The summed E-state index contributed by atoms with van der Waals surface area (Å²) in [5.41, 5.74) is 0.384. The van der Waals surface area contributed by atoms with Gasteiger partial charge in [0.15, 0.2) is 11.5 Å². The highest BCUT2D eigenvalue weighted by Gasteiger charge is 2.22. The first-order chi connectivity index (χ1) is 12.3. The van der Waals surface area contributed by atoms with E-state index in [2.05, 4.69) is 46.8 Å². The summed E-state index contributed by atoms with van der Waals surface area (Å²) < 4.78 is 0. The molecule has 8 nitrogen and oxygen atoms in total. The summed E-state index contributed by atoms with van der Waals surface area (Å²) in [6.45, 7) is 5.39. The molecule has 8 heteroatoms. The third kappa shape index (κ3) is 3.18. The van der Waals surface area contributed by atoms with Crippen LogP contribution in [0.15, 0.2) is 24.8 Å². The first-order valence-electron chi connectivity index (χ1n) is 8.63. The fraction of sp³-hybridized carbons (Fsp3) is 0.471. The summed E-state index contributed by atoms with van der Waals surface area (Å²) in [5.74, 6) is 2.66. The Morgan fingerprint density at radius 3 is 2.04 bits per heavy atom. The molecule has 4 rings (SSSR count). The van der Waals surface area contributed by atoms with Crippen LogP contribution in [0.2, 0.25) is 0 Å². The first-order valence-corrected chi connectivity index (χ1v) is 8.63. The average molecular weight is 336 g/mol. The molecule has 0 spiro atoms. The molecule has 0 bridgehead atoms. The Morgan fingerprint density at radius 2 is 1.36 bits per heavy atom. The van der Waals surface area contributed by atoms with Crippen molar-refractivity contribution in [3.63, 3.8) is 0 Å². The van der Waals surface area contributed by atoms with Gasteiger partial charge < -0.3 is 14.7 Å². The maximum Gasteiger partial charge on any atom is 0.183 e. The van der Waals surface area contributed by atoms with Crippen LogP contribution in [0.3, 0.4) is 0 Å². The Hall–Kier alpha value is -2.95. The fourth-order valence-electron chi connectivity index (χ4n) is 3.42. The molecule has 25 heavy (non-hydrogen) atoms. The third-order valence-electron chi connectivity index (χ3n) is 4.76. The molecule has 2 fully saturated rings. The number of hydrogen-bond acceptors (Lipinski definition) is 8. The Balaban J connectivity index is 1.45. The summed E-state index contributed by atoms with van der Waals surface area (Å²) in [4.78, 5) is 24.0. The predicted molar refractivity (Wildman–Crippen MR) is 94.7 cm³/mol. The van der Waals surface area contributed by atoms with Crippen molar-refractivity contribution in [2.24, 2.45) is 0 Å². The molecule has 2 aromatic heterocycles. The van der Waals surface area contributed by atoms with E-state index in [1.54, 1.807) is 18.7 Å². The zero-order valence-corrected chi connectivity index (χ0v) is 14.0. The molecule has 128 valence electrons. The summed E-state index contributed by atoms with van der Waals surface area (Å²) in [6.07, 6.45) is 7.31. The van der Waals surface area contributed by atoms with Crippen molar-refractivity contribution >= 4 is 17.5 Å². The molecule has 0 unspecified atom stereocenters. The van der Waals surface area contributed by atoms with E-state index in [-0.39, 0.29) is 0 Å². The van der Waals surface area contributed by atoms with Gasteiger partial charge in [-0.05, 0) is 12.8 Å². The number of nitrogens with zero attached hydrogens (tertiary/aromatic N) is 8. The highest BCUT2D eigenvalue weighted by atomic mass is 15.3. The molecule has 4 heterocycles. The molecular weight excluding hydrogens is 316 g/mol.